The van der Waals surface area contributed by atoms with Gasteiger partial charge in [-0.3, -0.25) is 0 Å². The molecule has 5 heteroatoms. The van der Waals surface area contributed by atoms with E-state index < -0.39 is 18.0 Å². The molecule has 0 bridgehead atoms. The van der Waals surface area contributed by atoms with E-state index in [1.807, 2.05) is 20.8 Å². The van der Waals surface area contributed by atoms with Gasteiger partial charge in [0.25, 0.3) is 0 Å². The molecule has 0 aromatic rings. The number of hydrogen-bond donors (Lipinski definition) is 3. The van der Waals surface area contributed by atoms with Crippen LogP contribution in [-0.4, -0.2) is 28.7 Å². The number of nitrogens with one attached hydrogen (secondary N) is 2. The van der Waals surface area contributed by atoms with E-state index in [1.54, 1.807) is 13.8 Å². The molecule has 0 radical (unpaired) electrons. The van der Waals surface area contributed by atoms with Gasteiger partial charge in [-0.2, -0.15) is 0 Å². The molecule has 0 aliphatic heterocycles. The summed E-state index contributed by atoms with van der Waals surface area (Å²) < 4.78 is 0. The molecule has 0 unspecified atom stereocenters. The number of amides is 2. The lowest BCUT2D eigenvalue weighted by atomic mass is 10.1. The molecule has 0 saturated heterocycles. The molecule has 0 aliphatic carbocycles. The van der Waals surface area contributed by atoms with E-state index in [0.29, 0.717) is 0 Å². The maximum Gasteiger partial charge on any atom is 0.326 e. The van der Waals surface area contributed by atoms with E-state index >= 15 is 0 Å². The van der Waals surface area contributed by atoms with Crippen molar-refractivity contribution in [3.63, 3.8) is 0 Å². The fourth-order valence-corrected chi connectivity index (χ4v) is 1.03. The maximum absolute atomic E-state index is 11.4. The minimum absolute atomic E-state index is 0.145. The maximum atomic E-state index is 11.4. The van der Waals surface area contributed by atoms with Crippen molar-refractivity contribution in [2.75, 3.05) is 0 Å². The quantitative estimate of drug-likeness (QED) is 0.663. The van der Waals surface area contributed by atoms with Crippen molar-refractivity contribution in [1.82, 2.24) is 10.6 Å². The molecule has 0 fully saturated rings. The van der Waals surface area contributed by atoms with E-state index in [4.69, 9.17) is 5.11 Å². The molecule has 0 aromatic carbocycles. The monoisotopic (exact) mass is 216 g/mol. The molecular weight excluding hydrogens is 196 g/mol. The third-order valence-corrected chi connectivity index (χ3v) is 1.71. The lowest BCUT2D eigenvalue weighted by Crippen LogP contribution is -2.53. The van der Waals surface area contributed by atoms with Crippen LogP contribution in [0.1, 0.15) is 34.6 Å². The Morgan fingerprint density at radius 3 is 1.93 bits per heavy atom. The summed E-state index contributed by atoms with van der Waals surface area (Å²) in [5.74, 6) is -1.16. The Kier molecular flexibility index (Phi) is 4.58. The minimum atomic E-state index is -1.02. The molecule has 0 saturated carbocycles. The van der Waals surface area contributed by atoms with Crippen LogP contribution in [0.5, 0.6) is 0 Å². The molecular formula is C10H20N2O3. The van der Waals surface area contributed by atoms with Crippen LogP contribution < -0.4 is 10.6 Å². The van der Waals surface area contributed by atoms with E-state index in [9.17, 15) is 9.59 Å². The fourth-order valence-electron chi connectivity index (χ4n) is 1.03. The van der Waals surface area contributed by atoms with Crippen LogP contribution in [0.25, 0.3) is 0 Å². The van der Waals surface area contributed by atoms with Crippen molar-refractivity contribution in [3.8, 4) is 0 Å². The van der Waals surface area contributed by atoms with Crippen LogP contribution >= 0.6 is 0 Å². The van der Waals surface area contributed by atoms with Gasteiger partial charge >= 0.3 is 12.0 Å². The van der Waals surface area contributed by atoms with Gasteiger partial charge in [0, 0.05) is 5.54 Å². The summed E-state index contributed by atoms with van der Waals surface area (Å²) in [6.45, 7) is 8.99. The molecule has 88 valence electrons. The first kappa shape index (κ1) is 13.7. The first-order valence-electron chi connectivity index (χ1n) is 4.95. The van der Waals surface area contributed by atoms with Gasteiger partial charge in [-0.05, 0) is 26.7 Å². The highest BCUT2D eigenvalue weighted by molar-refractivity contribution is 5.82. The summed E-state index contributed by atoms with van der Waals surface area (Å²) in [4.78, 5) is 22.2. The highest BCUT2D eigenvalue weighted by Crippen LogP contribution is 2.03. The van der Waals surface area contributed by atoms with Crippen molar-refractivity contribution in [3.05, 3.63) is 0 Å². The number of rotatable bonds is 3. The van der Waals surface area contributed by atoms with E-state index in [1.165, 1.54) is 0 Å². The molecule has 0 rings (SSSR count). The van der Waals surface area contributed by atoms with Gasteiger partial charge in [0.2, 0.25) is 0 Å². The molecule has 15 heavy (non-hydrogen) atoms. The van der Waals surface area contributed by atoms with Crippen LogP contribution in [-0.2, 0) is 4.79 Å². The number of carboxylic acid groups (broad SMARTS) is 1. The van der Waals surface area contributed by atoms with Crippen LogP contribution in [0.2, 0.25) is 0 Å². The Morgan fingerprint density at radius 2 is 1.67 bits per heavy atom. The first-order chi connectivity index (χ1) is 6.63. The van der Waals surface area contributed by atoms with Gasteiger partial charge in [-0.15, -0.1) is 0 Å². The second-order valence-electron chi connectivity index (χ2n) is 4.91. The number of aliphatic carboxylic acids is 1. The molecule has 0 spiro atoms. The zero-order valence-corrected chi connectivity index (χ0v) is 9.92. The van der Waals surface area contributed by atoms with Gasteiger partial charge in [0.05, 0.1) is 0 Å². The summed E-state index contributed by atoms with van der Waals surface area (Å²) in [5.41, 5.74) is -0.371. The van der Waals surface area contributed by atoms with Crippen LogP contribution in [0.4, 0.5) is 4.79 Å². The Bertz CT molecular complexity index is 244. The second kappa shape index (κ2) is 5.00. The summed E-state index contributed by atoms with van der Waals surface area (Å²) in [5, 5.41) is 13.9. The highest BCUT2D eigenvalue weighted by Gasteiger charge is 2.24. The van der Waals surface area contributed by atoms with Gasteiger partial charge in [0.1, 0.15) is 6.04 Å². The molecule has 5 nitrogen and oxygen atoms in total. The number of urea groups is 1. The van der Waals surface area contributed by atoms with E-state index in [2.05, 4.69) is 10.6 Å². The Labute approximate surface area is 90.2 Å². The average molecular weight is 216 g/mol. The number of carbonyl (C=O) groups excluding carboxylic acids is 1. The predicted molar refractivity (Wildman–Crippen MR) is 57.7 cm³/mol. The zero-order valence-electron chi connectivity index (χ0n) is 9.92. The Balaban J connectivity index is 4.31. The third kappa shape index (κ3) is 5.93. The lowest BCUT2D eigenvalue weighted by molar-refractivity contribution is -0.140. The second-order valence-corrected chi connectivity index (χ2v) is 4.91. The van der Waals surface area contributed by atoms with Gasteiger partial charge < -0.3 is 15.7 Å². The lowest BCUT2D eigenvalue weighted by Gasteiger charge is -2.24. The molecule has 0 heterocycles. The summed E-state index contributed by atoms with van der Waals surface area (Å²) in [6.07, 6.45) is 0. The fraction of sp³-hybridized carbons (Fsp3) is 0.800. The molecule has 0 aromatic heterocycles. The highest BCUT2D eigenvalue weighted by atomic mass is 16.4. The first-order valence-corrected chi connectivity index (χ1v) is 4.95. The van der Waals surface area contributed by atoms with Crippen LogP contribution in [0.15, 0.2) is 0 Å². The Hall–Kier alpha value is -1.26. The number of carboxylic acids is 1. The minimum Gasteiger partial charge on any atom is -0.480 e. The van der Waals surface area contributed by atoms with Crippen LogP contribution in [0, 0.1) is 5.92 Å². The Morgan fingerprint density at radius 1 is 1.20 bits per heavy atom. The van der Waals surface area contributed by atoms with Crippen molar-refractivity contribution < 1.29 is 14.7 Å². The standard InChI is InChI=1S/C10H20N2O3/c1-6(2)7(8(13)14)11-9(15)12-10(3,4)5/h6-7H,1-5H3,(H,13,14)(H2,11,12,15)/t7-/m1/s1. The number of carbonyl (C=O) groups is 2. The molecule has 3 N–H and O–H groups in total. The molecule has 1 atom stereocenters. The summed E-state index contributed by atoms with van der Waals surface area (Å²) >= 11 is 0. The van der Waals surface area contributed by atoms with Gasteiger partial charge in [0.15, 0.2) is 0 Å². The van der Waals surface area contributed by atoms with Crippen molar-refractivity contribution in [2.45, 2.75) is 46.2 Å². The third-order valence-electron chi connectivity index (χ3n) is 1.71. The number of hydrogen-bond acceptors (Lipinski definition) is 2. The predicted octanol–water partition coefficient (Wildman–Crippen LogP) is 1.19. The largest absolute Gasteiger partial charge is 0.480 e. The molecule has 2 amide bonds. The van der Waals surface area contributed by atoms with Crippen molar-refractivity contribution in [1.29, 1.82) is 0 Å². The van der Waals surface area contributed by atoms with Gasteiger partial charge in [-0.1, -0.05) is 13.8 Å². The topological polar surface area (TPSA) is 78.4 Å². The van der Waals surface area contributed by atoms with Gasteiger partial charge in [-0.25, -0.2) is 9.59 Å². The molecule has 0 aliphatic rings. The smallest absolute Gasteiger partial charge is 0.326 e. The zero-order chi connectivity index (χ0) is 12.2. The van der Waals surface area contributed by atoms with Crippen molar-refractivity contribution in [2.24, 2.45) is 5.92 Å². The van der Waals surface area contributed by atoms with E-state index in [-0.39, 0.29) is 11.5 Å². The SMILES string of the molecule is CC(C)[C@@H](NC(=O)NC(C)(C)C)C(=O)O. The summed E-state index contributed by atoms with van der Waals surface area (Å²) in [7, 11) is 0. The average Bonchev–Trinajstić information content (AvgIpc) is 1.95. The van der Waals surface area contributed by atoms with Crippen LogP contribution in [0.3, 0.4) is 0 Å². The summed E-state index contributed by atoms with van der Waals surface area (Å²) in [6, 6.07) is -1.31. The normalized spacial score (nSPS) is 13.5. The van der Waals surface area contributed by atoms with E-state index in [0.717, 1.165) is 0 Å². The van der Waals surface area contributed by atoms with Crippen molar-refractivity contribution >= 4 is 12.0 Å².